The zero-order valence-electron chi connectivity index (χ0n) is 19.0. The van der Waals surface area contributed by atoms with Crippen LogP contribution in [0.4, 0.5) is 0 Å². The molecule has 4 aliphatic carbocycles. The highest BCUT2D eigenvalue weighted by molar-refractivity contribution is 5.76. The van der Waals surface area contributed by atoms with E-state index in [9.17, 15) is 30.3 Å². The van der Waals surface area contributed by atoms with Crippen molar-refractivity contribution in [1.29, 1.82) is 0 Å². The van der Waals surface area contributed by atoms with Crippen LogP contribution in [0.25, 0.3) is 0 Å². The van der Waals surface area contributed by atoms with E-state index >= 15 is 0 Å². The minimum absolute atomic E-state index is 0.0778. The molecular weight excluding hydrogens is 400 g/mol. The van der Waals surface area contributed by atoms with Crippen molar-refractivity contribution in [3.05, 3.63) is 0 Å². The third-order valence-electron chi connectivity index (χ3n) is 10.9. The quantitative estimate of drug-likeness (QED) is 0.369. The maximum Gasteiger partial charge on any atom is 0.370 e. The van der Waals surface area contributed by atoms with Crippen LogP contribution in [0.3, 0.4) is 0 Å². The molecule has 4 rings (SSSR count). The first-order valence-electron chi connectivity index (χ1n) is 12.1. The number of carbonyl (C=O) groups is 1. The first-order chi connectivity index (χ1) is 14.2. The van der Waals surface area contributed by atoms with Crippen molar-refractivity contribution in [2.45, 2.75) is 102 Å². The highest BCUT2D eigenvalue weighted by Gasteiger charge is 2.67. The van der Waals surface area contributed by atoms with Gasteiger partial charge in [0.25, 0.3) is 0 Å². The first-order valence-corrected chi connectivity index (χ1v) is 12.1. The van der Waals surface area contributed by atoms with E-state index in [4.69, 9.17) is 5.11 Å². The summed E-state index contributed by atoms with van der Waals surface area (Å²) in [5, 5.41) is 61.6. The predicted molar refractivity (Wildman–Crippen MR) is 112 cm³/mol. The molecule has 178 valence electrons. The van der Waals surface area contributed by atoms with Crippen LogP contribution in [-0.2, 0) is 4.79 Å². The SMILES string of the molecule is C[C@@H]([C@H]1CC[C@H]2[C@@H]3CC[C@@]4(O)CCCC[C@]4(C)[C@H]3CC[C@]12C)C(O)(O)C(O)(O)C(=O)O. The van der Waals surface area contributed by atoms with Gasteiger partial charge < -0.3 is 30.6 Å². The molecule has 0 aromatic heterocycles. The molecule has 0 heterocycles. The van der Waals surface area contributed by atoms with E-state index in [2.05, 4.69) is 13.8 Å². The average molecular weight is 441 g/mol. The third-order valence-corrected chi connectivity index (χ3v) is 10.9. The zero-order valence-corrected chi connectivity index (χ0v) is 19.0. The number of aliphatic carboxylic acids is 1. The van der Waals surface area contributed by atoms with Crippen LogP contribution in [0, 0.1) is 40.4 Å². The summed E-state index contributed by atoms with van der Waals surface area (Å²) in [7, 11) is 0. The summed E-state index contributed by atoms with van der Waals surface area (Å²) in [6, 6.07) is 0. The summed E-state index contributed by atoms with van der Waals surface area (Å²) >= 11 is 0. The van der Waals surface area contributed by atoms with Gasteiger partial charge in [0, 0.05) is 5.92 Å². The molecule has 4 fully saturated rings. The van der Waals surface area contributed by atoms with Crippen LogP contribution in [0.5, 0.6) is 0 Å². The molecule has 7 nitrogen and oxygen atoms in total. The van der Waals surface area contributed by atoms with Gasteiger partial charge >= 0.3 is 11.8 Å². The fourth-order valence-corrected chi connectivity index (χ4v) is 8.87. The topological polar surface area (TPSA) is 138 Å². The van der Waals surface area contributed by atoms with Gasteiger partial charge in [-0.05, 0) is 85.9 Å². The second-order valence-electron chi connectivity index (χ2n) is 11.8. The number of hydrogen-bond donors (Lipinski definition) is 6. The molecule has 0 spiro atoms. The van der Waals surface area contributed by atoms with Crippen molar-refractivity contribution in [1.82, 2.24) is 0 Å². The molecule has 0 aromatic rings. The first kappa shape index (κ1) is 23.4. The average Bonchev–Trinajstić information content (AvgIpc) is 3.04. The van der Waals surface area contributed by atoms with Crippen molar-refractivity contribution in [2.75, 3.05) is 0 Å². The minimum atomic E-state index is -3.63. The predicted octanol–water partition coefficient (Wildman–Crippen LogP) is 2.23. The van der Waals surface area contributed by atoms with Gasteiger partial charge in [-0.1, -0.05) is 33.6 Å². The zero-order chi connectivity index (χ0) is 23.0. The minimum Gasteiger partial charge on any atom is -0.477 e. The lowest BCUT2D eigenvalue weighted by molar-refractivity contribution is -0.369. The van der Waals surface area contributed by atoms with Crippen LogP contribution < -0.4 is 0 Å². The third kappa shape index (κ3) is 2.99. The Balaban J connectivity index is 1.61. The molecule has 0 saturated heterocycles. The summed E-state index contributed by atoms with van der Waals surface area (Å²) < 4.78 is 0. The van der Waals surface area contributed by atoms with E-state index in [-0.39, 0.29) is 16.7 Å². The Bertz CT molecular complexity index is 735. The molecule has 6 N–H and O–H groups in total. The molecule has 0 aliphatic heterocycles. The fourth-order valence-electron chi connectivity index (χ4n) is 8.87. The number of hydrogen-bond acceptors (Lipinski definition) is 6. The Labute approximate surface area is 184 Å². The molecule has 0 amide bonds. The number of rotatable bonds is 4. The normalized spacial score (nSPS) is 46.6. The molecule has 4 saturated carbocycles. The molecule has 0 unspecified atom stereocenters. The van der Waals surface area contributed by atoms with Crippen molar-refractivity contribution in [3.63, 3.8) is 0 Å². The number of carboxylic acids is 1. The highest BCUT2D eigenvalue weighted by Crippen LogP contribution is 2.69. The largest absolute Gasteiger partial charge is 0.477 e. The lowest BCUT2D eigenvalue weighted by Gasteiger charge is -2.63. The summed E-state index contributed by atoms with van der Waals surface area (Å²) in [4.78, 5) is 11.3. The van der Waals surface area contributed by atoms with Crippen molar-refractivity contribution in [3.8, 4) is 0 Å². The highest BCUT2D eigenvalue weighted by atomic mass is 16.6. The second-order valence-corrected chi connectivity index (χ2v) is 11.8. The van der Waals surface area contributed by atoms with Crippen molar-refractivity contribution < 1.29 is 35.4 Å². The standard InChI is InChI=1S/C24H40O7/c1-14(23(28,29)24(30,31)19(25)26)16-6-7-17-15-8-13-22(27)11-5-4-10-21(22,3)18(15)9-12-20(16,17)2/h14-18,27-31H,4-13H2,1-3H3,(H,25,26)/t14-,15-,16+,17-,18-,20+,21+,22-/m0/s1. The van der Waals surface area contributed by atoms with Crippen LogP contribution in [0.2, 0.25) is 0 Å². The maximum absolute atomic E-state index is 11.5. The van der Waals surface area contributed by atoms with Gasteiger partial charge in [-0.25, -0.2) is 4.79 Å². The van der Waals surface area contributed by atoms with E-state index in [0.717, 1.165) is 57.8 Å². The lowest BCUT2D eigenvalue weighted by Crippen LogP contribution is -2.65. The Kier molecular flexibility index (Phi) is 5.39. The molecule has 7 heteroatoms. The smallest absolute Gasteiger partial charge is 0.370 e. The van der Waals surface area contributed by atoms with Gasteiger partial charge in [0.15, 0.2) is 0 Å². The van der Waals surface area contributed by atoms with Crippen molar-refractivity contribution >= 4 is 5.97 Å². The molecule has 0 bridgehead atoms. The Morgan fingerprint density at radius 2 is 1.55 bits per heavy atom. The fraction of sp³-hybridized carbons (Fsp3) is 0.958. The van der Waals surface area contributed by atoms with Crippen LogP contribution >= 0.6 is 0 Å². The molecule has 31 heavy (non-hydrogen) atoms. The number of carboxylic acid groups (broad SMARTS) is 1. The van der Waals surface area contributed by atoms with Gasteiger partial charge in [0.1, 0.15) is 0 Å². The van der Waals surface area contributed by atoms with E-state index in [0.29, 0.717) is 24.2 Å². The second kappa shape index (κ2) is 7.13. The van der Waals surface area contributed by atoms with Gasteiger partial charge in [-0.15, -0.1) is 0 Å². The van der Waals surface area contributed by atoms with E-state index < -0.39 is 29.1 Å². The van der Waals surface area contributed by atoms with Crippen LogP contribution in [-0.4, -0.2) is 53.8 Å². The Morgan fingerprint density at radius 1 is 0.903 bits per heavy atom. The van der Waals surface area contributed by atoms with Gasteiger partial charge in [0.2, 0.25) is 5.79 Å². The number of aliphatic hydroxyl groups is 5. The summed E-state index contributed by atoms with van der Waals surface area (Å²) in [6.07, 6.45) is 9.42. The monoisotopic (exact) mass is 440 g/mol. The van der Waals surface area contributed by atoms with Gasteiger partial charge in [-0.2, -0.15) is 0 Å². The van der Waals surface area contributed by atoms with Crippen LogP contribution in [0.15, 0.2) is 0 Å². The molecule has 0 radical (unpaired) electrons. The van der Waals surface area contributed by atoms with Crippen molar-refractivity contribution in [2.24, 2.45) is 40.4 Å². The lowest BCUT2D eigenvalue weighted by atomic mass is 9.43. The van der Waals surface area contributed by atoms with E-state index in [1.54, 1.807) is 0 Å². The van der Waals surface area contributed by atoms with Crippen LogP contribution in [0.1, 0.15) is 85.0 Å². The van der Waals surface area contributed by atoms with E-state index in [1.165, 1.54) is 6.92 Å². The maximum atomic E-state index is 11.5. The van der Waals surface area contributed by atoms with Gasteiger partial charge in [0.05, 0.1) is 5.60 Å². The molecule has 0 aromatic carbocycles. The van der Waals surface area contributed by atoms with E-state index in [1.807, 2.05) is 0 Å². The Morgan fingerprint density at radius 3 is 2.19 bits per heavy atom. The molecule has 4 aliphatic rings. The summed E-state index contributed by atoms with van der Waals surface area (Å²) in [6.45, 7) is 5.97. The molecule has 8 atom stereocenters. The Hall–Kier alpha value is -0.730. The molecular formula is C24H40O7. The summed E-state index contributed by atoms with van der Waals surface area (Å²) in [5.41, 5.74) is -0.885. The number of fused-ring (bicyclic) bond motifs is 5. The van der Waals surface area contributed by atoms with Gasteiger partial charge in [-0.3, -0.25) is 0 Å². The summed E-state index contributed by atoms with van der Waals surface area (Å²) in [5.74, 6) is -8.84.